The molecule has 0 aliphatic carbocycles. The lowest BCUT2D eigenvalue weighted by Gasteiger charge is -2.22. The first-order valence-electron chi connectivity index (χ1n) is 4.97. The van der Waals surface area contributed by atoms with Crippen molar-refractivity contribution in [3.05, 3.63) is 25.6 Å². The van der Waals surface area contributed by atoms with E-state index in [1.54, 1.807) is 0 Å². The van der Waals surface area contributed by atoms with Crippen molar-refractivity contribution in [1.29, 1.82) is 0 Å². The highest BCUT2D eigenvalue weighted by Crippen LogP contribution is 2.37. The highest BCUT2D eigenvalue weighted by Gasteiger charge is 2.19. The van der Waals surface area contributed by atoms with E-state index in [0.29, 0.717) is 12.3 Å². The molecule has 0 bridgehead atoms. The lowest BCUT2D eigenvalue weighted by atomic mass is 10.2. The van der Waals surface area contributed by atoms with Crippen molar-refractivity contribution in [1.82, 2.24) is 0 Å². The third kappa shape index (κ3) is 4.90. The van der Waals surface area contributed by atoms with Crippen LogP contribution in [0, 0.1) is 0 Å². The molecule has 0 fully saturated rings. The summed E-state index contributed by atoms with van der Waals surface area (Å²) in [4.78, 5) is 0. The van der Waals surface area contributed by atoms with Crippen LogP contribution < -0.4 is 4.74 Å². The van der Waals surface area contributed by atoms with Gasteiger partial charge in [-0.05, 0) is 57.3 Å². The number of hydrogen-bond donors (Lipinski definition) is 0. The molecule has 0 saturated carbocycles. The van der Waals surface area contributed by atoms with Gasteiger partial charge in [0.25, 0.3) is 0 Å². The first kappa shape index (κ1) is 16.1. The van der Waals surface area contributed by atoms with E-state index in [9.17, 15) is 0 Å². The van der Waals surface area contributed by atoms with Crippen LogP contribution in [0.15, 0.2) is 25.6 Å². The van der Waals surface area contributed by atoms with Crippen molar-refractivity contribution in [2.45, 2.75) is 24.8 Å². The van der Waals surface area contributed by atoms with E-state index >= 15 is 0 Å². The molecule has 96 valence electrons. The summed E-state index contributed by atoms with van der Waals surface area (Å²) in [5.41, 5.74) is 0. The van der Waals surface area contributed by atoms with Gasteiger partial charge in [0.2, 0.25) is 0 Å². The van der Waals surface area contributed by atoms with E-state index in [4.69, 9.17) is 27.9 Å². The van der Waals surface area contributed by atoms with Crippen LogP contribution in [0.3, 0.4) is 0 Å². The van der Waals surface area contributed by atoms with Gasteiger partial charge in [0.15, 0.2) is 0 Å². The highest BCUT2D eigenvalue weighted by atomic mass is 79.9. The van der Waals surface area contributed by atoms with Gasteiger partial charge >= 0.3 is 0 Å². The third-order valence-electron chi connectivity index (χ3n) is 2.14. The molecule has 1 aromatic carbocycles. The normalized spacial score (nSPS) is 14.5. The quantitative estimate of drug-likeness (QED) is 0.482. The molecule has 0 radical (unpaired) electrons. The van der Waals surface area contributed by atoms with Crippen LogP contribution in [0.5, 0.6) is 5.75 Å². The molecule has 17 heavy (non-hydrogen) atoms. The molecule has 0 aromatic heterocycles. The van der Waals surface area contributed by atoms with Crippen LogP contribution in [-0.4, -0.2) is 17.4 Å². The number of hydrogen-bond acceptors (Lipinski definition) is 1. The second kappa shape index (κ2) is 7.59. The fourth-order valence-electron chi connectivity index (χ4n) is 1.28. The summed E-state index contributed by atoms with van der Waals surface area (Å²) in [6.07, 6.45) is 0.601. The van der Waals surface area contributed by atoms with Gasteiger partial charge in [-0.1, -0.05) is 15.9 Å². The Kier molecular flexibility index (Phi) is 7.18. The average molecular weight is 470 g/mol. The second-order valence-electron chi connectivity index (χ2n) is 3.51. The Hall–Kier alpha value is 1.04. The van der Waals surface area contributed by atoms with Crippen LogP contribution in [-0.2, 0) is 0 Å². The van der Waals surface area contributed by atoms with Crippen molar-refractivity contribution in [3.8, 4) is 5.75 Å². The van der Waals surface area contributed by atoms with E-state index in [1.165, 1.54) is 0 Å². The Bertz CT molecular complexity index is 362. The Labute approximate surface area is 137 Å². The van der Waals surface area contributed by atoms with Crippen LogP contribution in [0.4, 0.5) is 0 Å². The van der Waals surface area contributed by atoms with Crippen molar-refractivity contribution in [2.24, 2.45) is 0 Å². The largest absolute Gasteiger partial charge is 0.486 e. The predicted octanol–water partition coefficient (Wildman–Crippen LogP) is 5.98. The number of ether oxygens (including phenoxy) is 1. The van der Waals surface area contributed by atoms with Crippen LogP contribution >= 0.6 is 71.0 Å². The molecule has 0 amide bonds. The summed E-state index contributed by atoms with van der Waals surface area (Å²) in [5.74, 6) is 1.27. The van der Waals surface area contributed by atoms with Crippen molar-refractivity contribution >= 4 is 71.0 Å². The van der Waals surface area contributed by atoms with Gasteiger partial charge in [-0.2, -0.15) is 0 Å². The van der Waals surface area contributed by atoms with Crippen molar-refractivity contribution in [3.63, 3.8) is 0 Å². The molecule has 6 heteroatoms. The van der Waals surface area contributed by atoms with Gasteiger partial charge in [-0.25, -0.2) is 0 Å². The van der Waals surface area contributed by atoms with Crippen molar-refractivity contribution < 1.29 is 4.74 Å². The van der Waals surface area contributed by atoms with E-state index in [2.05, 4.69) is 47.8 Å². The third-order valence-corrected chi connectivity index (χ3v) is 4.27. The van der Waals surface area contributed by atoms with Gasteiger partial charge in [0, 0.05) is 10.4 Å². The van der Waals surface area contributed by atoms with Gasteiger partial charge in [0.1, 0.15) is 11.9 Å². The van der Waals surface area contributed by atoms with Crippen LogP contribution in [0.2, 0.25) is 0 Å². The Morgan fingerprint density at radius 3 is 2.18 bits per heavy atom. The SMILES string of the molecule is CC(Cl)C(CCCl)Oc1c(Br)cc(Br)cc1Br. The Morgan fingerprint density at radius 1 is 1.24 bits per heavy atom. The van der Waals surface area contributed by atoms with E-state index in [-0.39, 0.29) is 11.5 Å². The topological polar surface area (TPSA) is 9.23 Å². The first-order chi connectivity index (χ1) is 7.95. The van der Waals surface area contributed by atoms with E-state index in [0.717, 1.165) is 19.2 Å². The molecule has 0 aliphatic heterocycles. The van der Waals surface area contributed by atoms with Crippen LogP contribution in [0.25, 0.3) is 0 Å². The fraction of sp³-hybridized carbons (Fsp3) is 0.455. The fourth-order valence-corrected chi connectivity index (χ4v) is 4.12. The zero-order valence-electron chi connectivity index (χ0n) is 9.02. The molecule has 0 aliphatic rings. The maximum Gasteiger partial charge on any atom is 0.148 e. The van der Waals surface area contributed by atoms with Crippen molar-refractivity contribution in [2.75, 3.05) is 5.88 Å². The summed E-state index contributed by atoms with van der Waals surface area (Å²) in [6.45, 7) is 1.90. The molecular weight excluding hydrogens is 459 g/mol. The minimum absolute atomic E-state index is 0.101. The Balaban J connectivity index is 2.93. The maximum absolute atomic E-state index is 6.08. The van der Waals surface area contributed by atoms with Gasteiger partial charge in [-0.3, -0.25) is 0 Å². The second-order valence-corrected chi connectivity index (χ2v) is 7.20. The summed E-state index contributed by atoms with van der Waals surface area (Å²) in [7, 11) is 0. The molecule has 0 N–H and O–H groups in total. The molecule has 1 nitrogen and oxygen atoms in total. The van der Waals surface area contributed by atoms with Gasteiger partial charge in [-0.15, -0.1) is 23.2 Å². The molecule has 0 heterocycles. The van der Waals surface area contributed by atoms with Gasteiger partial charge < -0.3 is 4.74 Å². The molecule has 1 aromatic rings. The zero-order chi connectivity index (χ0) is 13.0. The molecular formula is C11H11Br3Cl2O. The number of rotatable bonds is 5. The smallest absolute Gasteiger partial charge is 0.148 e. The minimum atomic E-state index is -0.108. The standard InChI is InChI=1S/C11H11Br3Cl2O/c1-6(16)10(2-3-15)17-11-8(13)4-7(12)5-9(11)14/h4-6,10H,2-3H2,1H3. The first-order valence-corrected chi connectivity index (χ1v) is 8.32. The number of halogens is 5. The maximum atomic E-state index is 6.08. The lowest BCUT2D eigenvalue weighted by Crippen LogP contribution is -2.26. The number of benzene rings is 1. The molecule has 2 unspecified atom stereocenters. The lowest BCUT2D eigenvalue weighted by molar-refractivity contribution is 0.194. The molecule has 1 rings (SSSR count). The highest BCUT2D eigenvalue weighted by molar-refractivity contribution is 9.11. The van der Waals surface area contributed by atoms with Gasteiger partial charge in [0.05, 0.1) is 14.3 Å². The van der Waals surface area contributed by atoms with E-state index in [1.807, 2.05) is 19.1 Å². The summed E-state index contributed by atoms with van der Waals surface area (Å²) in [6, 6.07) is 3.85. The monoisotopic (exact) mass is 466 g/mol. The minimum Gasteiger partial charge on any atom is -0.486 e. The summed E-state index contributed by atoms with van der Waals surface area (Å²) in [5, 5.41) is -0.101. The number of alkyl halides is 2. The predicted molar refractivity (Wildman–Crippen MR) is 84.6 cm³/mol. The van der Waals surface area contributed by atoms with E-state index < -0.39 is 0 Å². The summed E-state index contributed by atoms with van der Waals surface area (Å²) < 4.78 is 8.61. The molecule has 2 atom stereocenters. The van der Waals surface area contributed by atoms with Crippen LogP contribution in [0.1, 0.15) is 13.3 Å². The zero-order valence-corrected chi connectivity index (χ0v) is 15.3. The molecule has 0 saturated heterocycles. The Morgan fingerprint density at radius 2 is 1.76 bits per heavy atom. The summed E-state index contributed by atoms with van der Waals surface area (Å²) >= 11 is 22.2. The average Bonchev–Trinajstić information content (AvgIpc) is 2.21. The molecule has 0 spiro atoms.